The number of carbonyl (C=O) groups is 1. The molecule has 1 unspecified atom stereocenters. The lowest BCUT2D eigenvalue weighted by atomic mass is 10.2. The second kappa shape index (κ2) is 8.70. The average molecular weight is 354 g/mol. The van der Waals surface area contributed by atoms with Gasteiger partial charge in [0.05, 0.1) is 13.2 Å². The highest BCUT2D eigenvalue weighted by Gasteiger charge is 2.28. The molecule has 1 saturated heterocycles. The zero-order chi connectivity index (χ0) is 18.4. The Bertz CT molecular complexity index is 713. The number of pyridine rings is 1. The lowest BCUT2D eigenvalue weighted by molar-refractivity contribution is 0.0771. The molecule has 2 aromatic rings. The van der Waals surface area contributed by atoms with Gasteiger partial charge in [-0.3, -0.25) is 4.79 Å². The fourth-order valence-corrected chi connectivity index (χ4v) is 2.91. The van der Waals surface area contributed by atoms with Crippen LogP contribution in [0.3, 0.4) is 0 Å². The van der Waals surface area contributed by atoms with Crippen LogP contribution < -0.4 is 9.47 Å². The third kappa shape index (κ3) is 4.75. The second-order valence-corrected chi connectivity index (χ2v) is 6.68. The molecule has 0 bridgehead atoms. The molecule has 3 rings (SSSR count). The largest absolute Gasteiger partial charge is 0.494 e. The molecule has 1 aliphatic heterocycles. The van der Waals surface area contributed by atoms with Gasteiger partial charge in [0.25, 0.3) is 5.91 Å². The Balaban J connectivity index is 1.53. The van der Waals surface area contributed by atoms with Gasteiger partial charge in [-0.25, -0.2) is 4.98 Å². The van der Waals surface area contributed by atoms with Crippen LogP contribution in [0.4, 0.5) is 0 Å². The van der Waals surface area contributed by atoms with Crippen molar-refractivity contribution in [3.05, 3.63) is 53.7 Å². The maximum absolute atomic E-state index is 12.7. The predicted molar refractivity (Wildman–Crippen MR) is 101 cm³/mol. The number of aromatic nitrogens is 1. The van der Waals surface area contributed by atoms with Crippen molar-refractivity contribution in [2.45, 2.75) is 39.2 Å². The Hall–Kier alpha value is -2.56. The molecule has 0 saturated carbocycles. The van der Waals surface area contributed by atoms with Crippen LogP contribution in [-0.4, -0.2) is 41.6 Å². The van der Waals surface area contributed by atoms with Gasteiger partial charge < -0.3 is 14.4 Å². The lowest BCUT2D eigenvalue weighted by Crippen LogP contribution is -2.31. The third-order valence-electron chi connectivity index (χ3n) is 4.47. The molecule has 1 aromatic carbocycles. The van der Waals surface area contributed by atoms with Gasteiger partial charge in [-0.1, -0.05) is 19.4 Å². The summed E-state index contributed by atoms with van der Waals surface area (Å²) >= 11 is 0. The van der Waals surface area contributed by atoms with Gasteiger partial charge in [0.1, 0.15) is 11.9 Å². The number of ether oxygens (including phenoxy) is 2. The SMILES string of the molecule is CCCCOc1ccc(C(=O)N2CCC(Oc3ccc(C)cn3)C2)cc1. The minimum absolute atomic E-state index is 0.00851. The fourth-order valence-electron chi connectivity index (χ4n) is 2.91. The molecule has 26 heavy (non-hydrogen) atoms. The average Bonchev–Trinajstić information content (AvgIpc) is 3.12. The summed E-state index contributed by atoms with van der Waals surface area (Å²) < 4.78 is 11.5. The third-order valence-corrected chi connectivity index (χ3v) is 4.47. The monoisotopic (exact) mass is 354 g/mol. The summed E-state index contributed by atoms with van der Waals surface area (Å²) in [4.78, 5) is 18.8. The van der Waals surface area contributed by atoms with Crippen LogP contribution in [0.15, 0.2) is 42.6 Å². The normalized spacial score (nSPS) is 16.5. The van der Waals surface area contributed by atoms with Crippen molar-refractivity contribution in [3.63, 3.8) is 0 Å². The van der Waals surface area contributed by atoms with Crippen molar-refractivity contribution in [1.29, 1.82) is 0 Å². The number of amides is 1. The second-order valence-electron chi connectivity index (χ2n) is 6.68. The molecular formula is C21H26N2O3. The molecule has 1 aliphatic rings. The first-order chi connectivity index (χ1) is 12.7. The number of carbonyl (C=O) groups excluding carboxylic acids is 1. The standard InChI is InChI=1S/C21H26N2O3/c1-3-4-13-25-18-8-6-17(7-9-18)21(24)23-12-11-19(15-23)26-20-10-5-16(2)14-22-20/h5-10,14,19H,3-4,11-13,15H2,1-2H3. The van der Waals surface area contributed by atoms with Crippen molar-refractivity contribution in [1.82, 2.24) is 9.88 Å². The van der Waals surface area contributed by atoms with E-state index in [1.54, 1.807) is 6.20 Å². The van der Waals surface area contributed by atoms with Crippen molar-refractivity contribution in [3.8, 4) is 11.6 Å². The highest BCUT2D eigenvalue weighted by atomic mass is 16.5. The highest BCUT2D eigenvalue weighted by molar-refractivity contribution is 5.94. The molecule has 5 nitrogen and oxygen atoms in total. The van der Waals surface area contributed by atoms with Crippen LogP contribution in [0.2, 0.25) is 0 Å². The van der Waals surface area contributed by atoms with Gasteiger partial charge in [-0.05, 0) is 43.2 Å². The first kappa shape index (κ1) is 18.2. The van der Waals surface area contributed by atoms with Gasteiger partial charge in [0.15, 0.2) is 0 Å². The van der Waals surface area contributed by atoms with Crippen LogP contribution in [0, 0.1) is 6.92 Å². The van der Waals surface area contributed by atoms with E-state index in [0.717, 1.165) is 30.6 Å². The van der Waals surface area contributed by atoms with E-state index in [-0.39, 0.29) is 12.0 Å². The van der Waals surface area contributed by atoms with E-state index in [0.29, 0.717) is 31.1 Å². The molecule has 1 aromatic heterocycles. The van der Waals surface area contributed by atoms with Crippen LogP contribution >= 0.6 is 0 Å². The first-order valence-corrected chi connectivity index (χ1v) is 9.27. The van der Waals surface area contributed by atoms with Crippen molar-refractivity contribution in [2.75, 3.05) is 19.7 Å². The Morgan fingerprint density at radius 2 is 2.04 bits per heavy atom. The first-order valence-electron chi connectivity index (χ1n) is 9.27. The number of rotatable bonds is 7. The molecule has 0 spiro atoms. The Kier molecular flexibility index (Phi) is 6.10. The van der Waals surface area contributed by atoms with Crippen LogP contribution in [0.25, 0.3) is 0 Å². The van der Waals surface area contributed by atoms with Crippen molar-refractivity contribution >= 4 is 5.91 Å². The summed E-state index contributed by atoms with van der Waals surface area (Å²) in [6.07, 6.45) is 4.74. The molecule has 1 atom stereocenters. The summed E-state index contributed by atoms with van der Waals surface area (Å²) in [6, 6.07) is 11.2. The Morgan fingerprint density at radius 3 is 2.73 bits per heavy atom. The number of unbranched alkanes of at least 4 members (excludes halogenated alkanes) is 1. The number of hydrogen-bond donors (Lipinski definition) is 0. The fraction of sp³-hybridized carbons (Fsp3) is 0.429. The summed E-state index contributed by atoms with van der Waals surface area (Å²) in [7, 11) is 0. The number of benzene rings is 1. The van der Waals surface area contributed by atoms with Gasteiger partial charge in [0.2, 0.25) is 5.88 Å². The number of likely N-dealkylation sites (tertiary alicyclic amines) is 1. The van der Waals surface area contributed by atoms with E-state index in [4.69, 9.17) is 9.47 Å². The van der Waals surface area contributed by atoms with Crippen molar-refractivity contribution < 1.29 is 14.3 Å². The van der Waals surface area contributed by atoms with E-state index in [1.165, 1.54) is 0 Å². The lowest BCUT2D eigenvalue weighted by Gasteiger charge is -2.17. The highest BCUT2D eigenvalue weighted by Crippen LogP contribution is 2.20. The number of nitrogens with zero attached hydrogens (tertiary/aromatic N) is 2. The van der Waals surface area contributed by atoms with Gasteiger partial charge in [-0.2, -0.15) is 0 Å². The molecule has 138 valence electrons. The molecule has 0 aliphatic carbocycles. The molecule has 1 fully saturated rings. The molecular weight excluding hydrogens is 328 g/mol. The van der Waals surface area contributed by atoms with E-state index in [9.17, 15) is 4.79 Å². The summed E-state index contributed by atoms with van der Waals surface area (Å²) in [5, 5.41) is 0. The minimum atomic E-state index is -0.00851. The maximum atomic E-state index is 12.7. The topological polar surface area (TPSA) is 51.7 Å². The molecule has 0 radical (unpaired) electrons. The maximum Gasteiger partial charge on any atom is 0.253 e. The summed E-state index contributed by atoms with van der Waals surface area (Å²) in [5.41, 5.74) is 1.78. The summed E-state index contributed by atoms with van der Waals surface area (Å²) in [5.74, 6) is 1.46. The molecule has 0 N–H and O–H groups in total. The van der Waals surface area contributed by atoms with E-state index in [2.05, 4.69) is 11.9 Å². The van der Waals surface area contributed by atoms with E-state index < -0.39 is 0 Å². The van der Waals surface area contributed by atoms with Crippen molar-refractivity contribution in [2.24, 2.45) is 0 Å². The smallest absolute Gasteiger partial charge is 0.253 e. The van der Waals surface area contributed by atoms with Crippen LogP contribution in [0.1, 0.15) is 42.1 Å². The quantitative estimate of drug-likeness (QED) is 0.709. The number of hydrogen-bond acceptors (Lipinski definition) is 4. The Morgan fingerprint density at radius 1 is 1.23 bits per heavy atom. The van der Waals surface area contributed by atoms with E-state index >= 15 is 0 Å². The Labute approximate surface area is 155 Å². The zero-order valence-corrected chi connectivity index (χ0v) is 15.5. The molecule has 2 heterocycles. The number of aryl methyl sites for hydroxylation is 1. The van der Waals surface area contributed by atoms with Crippen LogP contribution in [-0.2, 0) is 0 Å². The molecule has 1 amide bonds. The van der Waals surface area contributed by atoms with Crippen LogP contribution in [0.5, 0.6) is 11.6 Å². The minimum Gasteiger partial charge on any atom is -0.494 e. The van der Waals surface area contributed by atoms with Gasteiger partial charge in [0, 0.05) is 30.8 Å². The van der Waals surface area contributed by atoms with Gasteiger partial charge >= 0.3 is 0 Å². The predicted octanol–water partition coefficient (Wildman–Crippen LogP) is 3.86. The zero-order valence-electron chi connectivity index (χ0n) is 15.5. The van der Waals surface area contributed by atoms with E-state index in [1.807, 2.05) is 48.2 Å². The van der Waals surface area contributed by atoms with Gasteiger partial charge in [-0.15, -0.1) is 0 Å². The summed E-state index contributed by atoms with van der Waals surface area (Å²) in [6.45, 7) is 6.12. The molecule has 5 heteroatoms.